The molecule has 6 heteroatoms. The molecule has 0 saturated carbocycles. The lowest BCUT2D eigenvalue weighted by molar-refractivity contribution is -0.274. The molecule has 0 amide bonds. The number of carbonyl (C=O) groups is 1. The van der Waals surface area contributed by atoms with E-state index in [1.54, 1.807) is 0 Å². The molecule has 1 aromatic rings. The maximum atomic E-state index is 12.0. The highest BCUT2D eigenvalue weighted by molar-refractivity contribution is 9.10. The Hall–Kier alpha value is -1.04. The zero-order valence-electron chi connectivity index (χ0n) is 8.05. The number of benzene rings is 1. The number of hydrogen-bond acceptors (Lipinski definition) is 2. The number of hydrogen-bond donors (Lipinski definition) is 0. The van der Waals surface area contributed by atoms with Crippen LogP contribution >= 0.6 is 15.9 Å². The van der Waals surface area contributed by atoms with Gasteiger partial charge in [0.05, 0.1) is 0 Å². The van der Waals surface area contributed by atoms with Crippen molar-refractivity contribution in [1.82, 2.24) is 0 Å². The van der Waals surface area contributed by atoms with Gasteiger partial charge in [-0.1, -0.05) is 15.9 Å². The second-order valence-electron chi connectivity index (χ2n) is 3.01. The predicted octanol–water partition coefficient (Wildman–Crippen LogP) is 3.48. The van der Waals surface area contributed by atoms with Gasteiger partial charge in [0.25, 0.3) is 0 Å². The normalized spacial score (nSPS) is 11.2. The van der Waals surface area contributed by atoms with E-state index in [2.05, 4.69) is 20.7 Å². The van der Waals surface area contributed by atoms with Crippen LogP contribution < -0.4 is 4.74 Å². The summed E-state index contributed by atoms with van der Waals surface area (Å²) < 4.78 is 40.6. The number of aryl methyl sites for hydroxylation is 1. The van der Waals surface area contributed by atoms with Crippen molar-refractivity contribution < 1.29 is 22.7 Å². The summed E-state index contributed by atoms with van der Waals surface area (Å²) in [6.45, 7) is 0. The van der Waals surface area contributed by atoms with E-state index in [-0.39, 0.29) is 18.6 Å². The summed E-state index contributed by atoms with van der Waals surface area (Å²) in [7, 11) is 0. The Balaban J connectivity index is 2.93. The molecule has 0 aliphatic heterocycles. The van der Waals surface area contributed by atoms with Gasteiger partial charge in [-0.25, -0.2) is 0 Å². The molecule has 0 saturated heterocycles. The maximum Gasteiger partial charge on any atom is 0.573 e. The molecule has 1 aromatic carbocycles. The number of carbonyl (C=O) groups excluding carboxylic acids is 1. The first kappa shape index (κ1) is 13.0. The Morgan fingerprint density at radius 3 is 2.62 bits per heavy atom. The summed E-state index contributed by atoms with van der Waals surface area (Å²) >= 11 is 3.14. The third-order valence-electron chi connectivity index (χ3n) is 1.78. The summed E-state index contributed by atoms with van der Waals surface area (Å²) in [6, 6.07) is 4.17. The fourth-order valence-corrected chi connectivity index (χ4v) is 1.59. The molecule has 0 bridgehead atoms. The van der Waals surface area contributed by atoms with Crippen molar-refractivity contribution in [2.75, 3.05) is 0 Å². The molecular weight excluding hydrogens is 289 g/mol. The number of halogens is 4. The van der Waals surface area contributed by atoms with Crippen LogP contribution in [-0.2, 0) is 11.2 Å². The van der Waals surface area contributed by atoms with Crippen LogP contribution in [0.3, 0.4) is 0 Å². The average molecular weight is 297 g/mol. The van der Waals surface area contributed by atoms with E-state index < -0.39 is 6.36 Å². The molecule has 0 spiro atoms. The fourth-order valence-electron chi connectivity index (χ4n) is 1.18. The lowest BCUT2D eigenvalue weighted by Crippen LogP contribution is -2.18. The quantitative estimate of drug-likeness (QED) is 0.795. The van der Waals surface area contributed by atoms with Gasteiger partial charge >= 0.3 is 6.36 Å². The molecule has 0 atom stereocenters. The topological polar surface area (TPSA) is 26.3 Å². The lowest BCUT2D eigenvalue weighted by Gasteiger charge is -2.12. The number of ether oxygens (including phenoxy) is 1. The molecule has 0 unspecified atom stereocenters. The van der Waals surface area contributed by atoms with E-state index in [4.69, 9.17) is 0 Å². The summed E-state index contributed by atoms with van der Waals surface area (Å²) in [4.78, 5) is 10.2. The van der Waals surface area contributed by atoms with Gasteiger partial charge in [-0.3, -0.25) is 0 Å². The Labute approximate surface area is 98.5 Å². The number of alkyl halides is 3. The van der Waals surface area contributed by atoms with Gasteiger partial charge in [-0.15, -0.1) is 13.2 Å². The van der Waals surface area contributed by atoms with Crippen molar-refractivity contribution in [2.45, 2.75) is 19.2 Å². The highest BCUT2D eigenvalue weighted by atomic mass is 79.9. The van der Waals surface area contributed by atoms with Gasteiger partial charge in [-0.2, -0.15) is 0 Å². The Kier molecular flexibility index (Phi) is 4.35. The van der Waals surface area contributed by atoms with Crippen molar-refractivity contribution >= 4 is 22.2 Å². The Morgan fingerprint density at radius 2 is 2.06 bits per heavy atom. The molecule has 1 rings (SSSR count). The molecule has 0 radical (unpaired) electrons. The van der Waals surface area contributed by atoms with Crippen LogP contribution in [0.2, 0.25) is 0 Å². The second-order valence-corrected chi connectivity index (χ2v) is 3.92. The first-order valence-corrected chi connectivity index (χ1v) is 5.19. The zero-order valence-corrected chi connectivity index (χ0v) is 9.64. The molecule has 0 aliphatic carbocycles. The molecule has 2 nitrogen and oxygen atoms in total. The molecule has 16 heavy (non-hydrogen) atoms. The van der Waals surface area contributed by atoms with Crippen LogP contribution in [0.25, 0.3) is 0 Å². The van der Waals surface area contributed by atoms with E-state index in [1.807, 2.05) is 0 Å². The third kappa shape index (κ3) is 4.22. The van der Waals surface area contributed by atoms with Crippen LogP contribution in [0.15, 0.2) is 22.7 Å². The van der Waals surface area contributed by atoms with Crippen LogP contribution in [0.4, 0.5) is 13.2 Å². The molecular formula is C10H8BrF3O2. The van der Waals surface area contributed by atoms with Crippen LogP contribution in [0.1, 0.15) is 12.0 Å². The first-order chi connectivity index (χ1) is 7.42. The van der Waals surface area contributed by atoms with Crippen LogP contribution in [0.5, 0.6) is 5.75 Å². The van der Waals surface area contributed by atoms with E-state index in [0.29, 0.717) is 16.3 Å². The van der Waals surface area contributed by atoms with Gasteiger partial charge < -0.3 is 9.53 Å². The largest absolute Gasteiger partial charge is 0.573 e. The van der Waals surface area contributed by atoms with Gasteiger partial charge in [0.1, 0.15) is 12.0 Å². The second kappa shape index (κ2) is 5.34. The lowest BCUT2D eigenvalue weighted by atomic mass is 10.1. The molecule has 0 N–H and O–H groups in total. The van der Waals surface area contributed by atoms with E-state index in [1.165, 1.54) is 18.2 Å². The van der Waals surface area contributed by atoms with E-state index >= 15 is 0 Å². The number of aldehydes is 1. The minimum atomic E-state index is -4.72. The van der Waals surface area contributed by atoms with Crippen molar-refractivity contribution in [3.63, 3.8) is 0 Å². The van der Waals surface area contributed by atoms with Gasteiger partial charge in [0, 0.05) is 10.9 Å². The third-order valence-corrected chi connectivity index (χ3v) is 2.27. The number of rotatable bonds is 4. The SMILES string of the molecule is O=CCCc1cc(Br)ccc1OC(F)(F)F. The Morgan fingerprint density at radius 1 is 1.38 bits per heavy atom. The first-order valence-electron chi connectivity index (χ1n) is 4.40. The molecule has 88 valence electrons. The highest BCUT2D eigenvalue weighted by Gasteiger charge is 2.31. The highest BCUT2D eigenvalue weighted by Crippen LogP contribution is 2.29. The average Bonchev–Trinajstić information content (AvgIpc) is 2.16. The predicted molar refractivity (Wildman–Crippen MR) is 55.2 cm³/mol. The van der Waals surface area contributed by atoms with Crippen LogP contribution in [0, 0.1) is 0 Å². The summed E-state index contributed by atoms with van der Waals surface area (Å²) in [5.41, 5.74) is 0.346. The monoisotopic (exact) mass is 296 g/mol. The minimum absolute atomic E-state index is 0.157. The maximum absolute atomic E-state index is 12.0. The van der Waals surface area contributed by atoms with Gasteiger partial charge in [0.15, 0.2) is 0 Å². The van der Waals surface area contributed by atoms with Crippen LogP contribution in [-0.4, -0.2) is 12.6 Å². The van der Waals surface area contributed by atoms with Crippen molar-refractivity contribution in [3.05, 3.63) is 28.2 Å². The zero-order chi connectivity index (χ0) is 12.2. The van der Waals surface area contributed by atoms with E-state index in [9.17, 15) is 18.0 Å². The molecule has 0 aliphatic rings. The standard InChI is InChI=1S/C10H8BrF3O2/c11-8-3-4-9(16-10(12,13)14)7(6-8)2-1-5-15/h3-6H,1-2H2. The van der Waals surface area contributed by atoms with Gasteiger partial charge in [0.2, 0.25) is 0 Å². The smallest absolute Gasteiger partial charge is 0.406 e. The minimum Gasteiger partial charge on any atom is -0.406 e. The Bertz CT molecular complexity index is 377. The molecule has 0 heterocycles. The fraction of sp³-hybridized carbons (Fsp3) is 0.300. The van der Waals surface area contributed by atoms with Crippen molar-refractivity contribution in [1.29, 1.82) is 0 Å². The van der Waals surface area contributed by atoms with Crippen molar-refractivity contribution in [2.24, 2.45) is 0 Å². The van der Waals surface area contributed by atoms with Gasteiger partial charge in [-0.05, 0) is 30.2 Å². The summed E-state index contributed by atoms with van der Waals surface area (Å²) in [6.07, 6.45) is -3.69. The van der Waals surface area contributed by atoms with E-state index in [0.717, 1.165) is 0 Å². The summed E-state index contributed by atoms with van der Waals surface area (Å²) in [5, 5.41) is 0. The molecule has 0 aromatic heterocycles. The molecule has 0 fully saturated rings. The van der Waals surface area contributed by atoms with Crippen molar-refractivity contribution in [3.8, 4) is 5.75 Å². The summed E-state index contributed by atoms with van der Waals surface area (Å²) in [5.74, 6) is -0.266.